The van der Waals surface area contributed by atoms with E-state index in [1.807, 2.05) is 43.3 Å². The van der Waals surface area contributed by atoms with Crippen molar-refractivity contribution in [3.05, 3.63) is 74.5 Å². The van der Waals surface area contributed by atoms with Gasteiger partial charge < -0.3 is 14.5 Å². The molecule has 2 fully saturated rings. The molecular weight excluding hydrogens is 494 g/mol. The molecule has 4 heterocycles. The number of thiocarbonyl (C=S) groups is 1. The minimum Gasteiger partial charge on any atom is -0.497 e. The second kappa shape index (κ2) is 10.0. The van der Waals surface area contributed by atoms with E-state index in [4.69, 9.17) is 21.9 Å². The van der Waals surface area contributed by atoms with Gasteiger partial charge in [0.25, 0.3) is 11.5 Å². The first-order valence-electron chi connectivity index (χ1n) is 11.7. The summed E-state index contributed by atoms with van der Waals surface area (Å²) in [7, 11) is 3.70. The number of ether oxygens (including phenoxy) is 1. The number of nitrogens with zero attached hydrogens (tertiary/aromatic N) is 5. The lowest BCUT2D eigenvalue weighted by Crippen LogP contribution is -2.45. The van der Waals surface area contributed by atoms with Crippen LogP contribution in [0.1, 0.15) is 16.7 Å². The van der Waals surface area contributed by atoms with Crippen molar-refractivity contribution < 1.29 is 9.53 Å². The van der Waals surface area contributed by atoms with Crippen LogP contribution < -0.4 is 15.2 Å². The molecule has 8 nitrogen and oxygen atoms in total. The van der Waals surface area contributed by atoms with Crippen molar-refractivity contribution in [3.63, 3.8) is 0 Å². The zero-order valence-electron chi connectivity index (χ0n) is 20.4. The van der Waals surface area contributed by atoms with E-state index in [2.05, 4.69) is 16.8 Å². The smallest absolute Gasteiger partial charge is 0.267 e. The second-order valence-corrected chi connectivity index (χ2v) is 10.7. The van der Waals surface area contributed by atoms with E-state index in [1.165, 1.54) is 11.8 Å². The van der Waals surface area contributed by atoms with Crippen molar-refractivity contribution in [2.24, 2.45) is 0 Å². The van der Waals surface area contributed by atoms with Gasteiger partial charge in [-0.25, -0.2) is 4.98 Å². The monoisotopic (exact) mass is 521 g/mol. The third-order valence-corrected chi connectivity index (χ3v) is 7.81. The van der Waals surface area contributed by atoms with Gasteiger partial charge in [0, 0.05) is 32.4 Å². The number of carbonyl (C=O) groups excluding carboxylic acids is 1. The van der Waals surface area contributed by atoms with Crippen molar-refractivity contribution >= 4 is 51.7 Å². The summed E-state index contributed by atoms with van der Waals surface area (Å²) in [5.74, 6) is 1.15. The first-order valence-corrected chi connectivity index (χ1v) is 12.9. The minimum absolute atomic E-state index is 0.196. The molecule has 0 saturated carbocycles. The molecule has 0 radical (unpaired) electrons. The number of thioether (sulfide) groups is 1. The number of carbonyl (C=O) groups is 1. The van der Waals surface area contributed by atoms with Crippen LogP contribution in [0.4, 0.5) is 5.82 Å². The van der Waals surface area contributed by atoms with Crippen LogP contribution in [0.25, 0.3) is 11.7 Å². The predicted molar refractivity (Wildman–Crippen MR) is 148 cm³/mol. The summed E-state index contributed by atoms with van der Waals surface area (Å²) in [6, 6.07) is 11.3. The molecule has 2 aliphatic heterocycles. The molecule has 1 amide bonds. The highest BCUT2D eigenvalue weighted by Crippen LogP contribution is 2.34. The summed E-state index contributed by atoms with van der Waals surface area (Å²) in [5, 5.41) is 0. The molecule has 0 spiro atoms. The van der Waals surface area contributed by atoms with Crippen LogP contribution in [0.5, 0.6) is 5.75 Å². The van der Waals surface area contributed by atoms with Crippen molar-refractivity contribution in [3.8, 4) is 5.75 Å². The molecule has 0 atom stereocenters. The van der Waals surface area contributed by atoms with Crippen LogP contribution in [-0.4, -0.2) is 69.7 Å². The van der Waals surface area contributed by atoms with Gasteiger partial charge in [0.15, 0.2) is 0 Å². The van der Waals surface area contributed by atoms with Gasteiger partial charge in [-0.1, -0.05) is 42.2 Å². The molecule has 2 saturated heterocycles. The molecule has 0 aliphatic carbocycles. The van der Waals surface area contributed by atoms with Gasteiger partial charge in [-0.15, -0.1) is 0 Å². The molecule has 5 rings (SSSR count). The van der Waals surface area contributed by atoms with Gasteiger partial charge >= 0.3 is 0 Å². The zero-order chi connectivity index (χ0) is 25.4. The average Bonchev–Trinajstić information content (AvgIpc) is 3.14. The van der Waals surface area contributed by atoms with Crippen LogP contribution >= 0.6 is 24.0 Å². The Morgan fingerprint density at radius 2 is 1.81 bits per heavy atom. The molecule has 2 aromatic heterocycles. The topological polar surface area (TPSA) is 70.4 Å². The number of amides is 1. The van der Waals surface area contributed by atoms with Gasteiger partial charge in [0.05, 0.1) is 24.1 Å². The number of piperazine rings is 1. The lowest BCUT2D eigenvalue weighted by molar-refractivity contribution is -0.122. The fourth-order valence-corrected chi connectivity index (χ4v) is 5.55. The number of aromatic nitrogens is 2. The van der Waals surface area contributed by atoms with Gasteiger partial charge in [-0.3, -0.25) is 18.9 Å². The van der Waals surface area contributed by atoms with E-state index in [0.717, 1.165) is 43.1 Å². The maximum Gasteiger partial charge on any atom is 0.267 e. The van der Waals surface area contributed by atoms with Gasteiger partial charge in [0.1, 0.15) is 21.5 Å². The molecule has 10 heteroatoms. The van der Waals surface area contributed by atoms with Crippen molar-refractivity contribution in [1.82, 2.24) is 19.2 Å². The lowest BCUT2D eigenvalue weighted by Gasteiger charge is -2.34. The fraction of sp³-hybridized carbons (Fsp3) is 0.308. The number of fused-ring (bicyclic) bond motifs is 1. The van der Waals surface area contributed by atoms with Crippen molar-refractivity contribution in [1.29, 1.82) is 0 Å². The number of likely N-dealkylation sites (N-methyl/N-ethyl adjacent to an activating group) is 1. The lowest BCUT2D eigenvalue weighted by atomic mass is 10.2. The Kier molecular flexibility index (Phi) is 6.83. The number of hydrogen-bond donors (Lipinski definition) is 0. The highest BCUT2D eigenvalue weighted by Gasteiger charge is 2.33. The maximum atomic E-state index is 13.7. The van der Waals surface area contributed by atoms with E-state index in [0.29, 0.717) is 32.8 Å². The number of benzene rings is 1. The molecule has 3 aromatic rings. The van der Waals surface area contributed by atoms with Crippen LogP contribution in [0, 0.1) is 6.92 Å². The number of aryl methyl sites for hydroxylation is 1. The largest absolute Gasteiger partial charge is 0.497 e. The minimum atomic E-state index is -0.209. The Hall–Kier alpha value is -3.21. The van der Waals surface area contributed by atoms with E-state index in [-0.39, 0.29) is 11.5 Å². The Bertz CT molecular complexity index is 1430. The third-order valence-electron chi connectivity index (χ3n) is 6.44. The highest BCUT2D eigenvalue weighted by atomic mass is 32.2. The Balaban J connectivity index is 1.53. The summed E-state index contributed by atoms with van der Waals surface area (Å²) in [6.45, 7) is 5.54. The van der Waals surface area contributed by atoms with Crippen molar-refractivity contribution in [2.45, 2.75) is 13.5 Å². The Morgan fingerprint density at radius 3 is 2.50 bits per heavy atom. The molecule has 0 N–H and O–H groups in total. The Labute approximate surface area is 219 Å². The molecule has 36 heavy (non-hydrogen) atoms. The van der Waals surface area contributed by atoms with E-state index >= 15 is 0 Å². The summed E-state index contributed by atoms with van der Waals surface area (Å²) in [4.78, 5) is 38.3. The van der Waals surface area contributed by atoms with E-state index in [9.17, 15) is 9.59 Å². The highest BCUT2D eigenvalue weighted by molar-refractivity contribution is 8.26. The van der Waals surface area contributed by atoms with Crippen LogP contribution in [-0.2, 0) is 11.3 Å². The summed E-state index contributed by atoms with van der Waals surface area (Å²) in [6.07, 6.45) is 3.45. The zero-order valence-corrected chi connectivity index (χ0v) is 22.1. The summed E-state index contributed by atoms with van der Waals surface area (Å²) in [5.41, 5.74) is 2.69. The van der Waals surface area contributed by atoms with Crippen LogP contribution in [0.2, 0.25) is 0 Å². The van der Waals surface area contributed by atoms with Gasteiger partial charge in [-0.05, 0) is 49.4 Å². The normalized spacial score (nSPS) is 18.0. The van der Waals surface area contributed by atoms with Gasteiger partial charge in [0.2, 0.25) is 0 Å². The van der Waals surface area contributed by atoms with E-state index < -0.39 is 0 Å². The second-order valence-electron chi connectivity index (χ2n) is 9.00. The fourth-order valence-electron chi connectivity index (χ4n) is 4.31. The molecule has 0 bridgehead atoms. The van der Waals surface area contributed by atoms with Gasteiger partial charge in [-0.2, -0.15) is 0 Å². The molecular formula is C26H27N5O3S2. The molecule has 0 unspecified atom stereocenters. The molecule has 2 aliphatic rings. The predicted octanol–water partition coefficient (Wildman–Crippen LogP) is 3.16. The summed E-state index contributed by atoms with van der Waals surface area (Å²) < 4.78 is 7.24. The SMILES string of the molecule is COc1ccc(CN2C(=O)/C(=C/c3c(N4CCN(C)CC4)nc4ccc(C)cn4c3=O)SC2=S)cc1. The van der Waals surface area contributed by atoms with Crippen molar-refractivity contribution in [2.75, 3.05) is 45.2 Å². The molecule has 1 aromatic carbocycles. The summed E-state index contributed by atoms with van der Waals surface area (Å²) >= 11 is 6.76. The quantitative estimate of drug-likeness (QED) is 0.375. The number of rotatable bonds is 5. The Morgan fingerprint density at radius 1 is 1.08 bits per heavy atom. The third kappa shape index (κ3) is 4.76. The average molecular weight is 522 g/mol. The number of hydrogen-bond acceptors (Lipinski definition) is 8. The van der Waals surface area contributed by atoms with E-state index in [1.54, 1.807) is 28.7 Å². The number of methoxy groups -OCH3 is 1. The number of anilines is 1. The van der Waals surface area contributed by atoms with Crippen LogP contribution in [0.3, 0.4) is 0 Å². The maximum absolute atomic E-state index is 13.7. The van der Waals surface area contributed by atoms with Crippen LogP contribution in [0.15, 0.2) is 52.3 Å². The first-order chi connectivity index (χ1) is 17.3. The first kappa shape index (κ1) is 24.5. The molecule has 186 valence electrons. The standard InChI is InChI=1S/C26H27N5O3S2/c1-17-4-9-22-27-23(29-12-10-28(2)11-13-29)20(24(32)30(22)15-17)14-21-25(33)31(26(35)36-21)16-18-5-7-19(34-3)8-6-18/h4-9,14-15H,10-13,16H2,1-3H3/b21-14-. The number of pyridine rings is 1.